The highest BCUT2D eigenvalue weighted by molar-refractivity contribution is 7.89. The first-order valence-corrected chi connectivity index (χ1v) is 8.31. The second-order valence-electron chi connectivity index (χ2n) is 4.83. The van der Waals surface area contributed by atoms with Gasteiger partial charge < -0.3 is 5.11 Å². The Kier molecular flexibility index (Phi) is 4.84. The Balaban J connectivity index is 2.20. The van der Waals surface area contributed by atoms with Gasteiger partial charge in [0.15, 0.2) is 0 Å². The van der Waals surface area contributed by atoms with Crippen LogP contribution in [0.1, 0.15) is 18.4 Å². The van der Waals surface area contributed by atoms with Crippen LogP contribution >= 0.6 is 11.6 Å². The van der Waals surface area contributed by atoms with Gasteiger partial charge in [-0.25, -0.2) is 8.42 Å². The maximum atomic E-state index is 12.5. The molecule has 1 saturated heterocycles. The summed E-state index contributed by atoms with van der Waals surface area (Å²) in [6, 6.07) is 6.64. The Bertz CT molecular complexity index is 515. The molecule has 0 bridgehead atoms. The van der Waals surface area contributed by atoms with E-state index in [-0.39, 0.29) is 12.5 Å². The number of hydrogen-bond donors (Lipinski definition) is 1. The van der Waals surface area contributed by atoms with Crippen LogP contribution < -0.4 is 0 Å². The first-order chi connectivity index (χ1) is 9.07. The third kappa shape index (κ3) is 3.28. The molecule has 1 N–H and O–H groups in total. The van der Waals surface area contributed by atoms with E-state index in [1.165, 1.54) is 4.31 Å². The van der Waals surface area contributed by atoms with Crippen molar-refractivity contribution in [1.82, 2.24) is 4.31 Å². The number of piperidine rings is 1. The van der Waals surface area contributed by atoms with Crippen molar-refractivity contribution in [2.75, 3.05) is 19.7 Å². The second kappa shape index (κ2) is 6.22. The van der Waals surface area contributed by atoms with E-state index in [2.05, 4.69) is 0 Å². The fourth-order valence-electron chi connectivity index (χ4n) is 2.29. The molecule has 2 rings (SSSR count). The van der Waals surface area contributed by atoms with Crippen LogP contribution in [0, 0.1) is 5.92 Å². The molecule has 1 aromatic rings. The number of benzene rings is 1. The number of halogens is 1. The van der Waals surface area contributed by atoms with E-state index in [4.69, 9.17) is 11.6 Å². The summed E-state index contributed by atoms with van der Waals surface area (Å²) in [7, 11) is -3.45. The van der Waals surface area contributed by atoms with Crippen molar-refractivity contribution in [1.29, 1.82) is 0 Å². The van der Waals surface area contributed by atoms with Gasteiger partial charge in [-0.1, -0.05) is 12.1 Å². The summed E-state index contributed by atoms with van der Waals surface area (Å²) in [6.45, 7) is 0.962. The van der Waals surface area contributed by atoms with Gasteiger partial charge in [0.1, 0.15) is 0 Å². The Morgan fingerprint density at radius 1 is 1.32 bits per heavy atom. The molecule has 1 atom stereocenters. The summed E-state index contributed by atoms with van der Waals surface area (Å²) in [5.41, 5.74) is 0.896. The van der Waals surface area contributed by atoms with Crippen LogP contribution in [0.5, 0.6) is 0 Å². The Morgan fingerprint density at radius 2 is 2.00 bits per heavy atom. The molecule has 1 heterocycles. The Hall–Kier alpha value is -0.620. The highest BCUT2D eigenvalue weighted by Crippen LogP contribution is 2.23. The molecule has 1 unspecified atom stereocenters. The smallest absolute Gasteiger partial charge is 0.243 e. The molecule has 19 heavy (non-hydrogen) atoms. The van der Waals surface area contributed by atoms with Crippen molar-refractivity contribution in [3.8, 4) is 0 Å². The molecule has 1 aromatic carbocycles. The average Bonchev–Trinajstić information content (AvgIpc) is 2.47. The zero-order chi connectivity index (χ0) is 13.9. The minimum Gasteiger partial charge on any atom is -0.396 e. The molecule has 4 nitrogen and oxygen atoms in total. The van der Waals surface area contributed by atoms with E-state index in [0.29, 0.717) is 23.9 Å². The molecule has 0 spiro atoms. The predicted octanol–water partition coefficient (Wildman–Crippen LogP) is 1.82. The lowest BCUT2D eigenvalue weighted by Crippen LogP contribution is -2.40. The summed E-state index contributed by atoms with van der Waals surface area (Å²) in [5.74, 6) is 0.419. The van der Waals surface area contributed by atoms with Crippen LogP contribution in [-0.2, 0) is 15.9 Å². The lowest BCUT2D eigenvalue weighted by molar-refractivity contribution is 0.165. The Morgan fingerprint density at radius 3 is 2.58 bits per heavy atom. The highest BCUT2D eigenvalue weighted by Gasteiger charge is 2.29. The number of aliphatic hydroxyl groups excluding tert-OH is 1. The van der Waals surface area contributed by atoms with Crippen LogP contribution in [0.2, 0.25) is 0 Å². The molecule has 0 aliphatic carbocycles. The minimum atomic E-state index is -3.45. The van der Waals surface area contributed by atoms with Gasteiger partial charge in [-0.15, -0.1) is 11.6 Å². The molecule has 0 amide bonds. The van der Waals surface area contributed by atoms with Gasteiger partial charge in [-0.05, 0) is 36.5 Å². The molecule has 0 radical (unpaired) electrons. The first-order valence-electron chi connectivity index (χ1n) is 6.34. The van der Waals surface area contributed by atoms with E-state index in [1.54, 1.807) is 24.3 Å². The van der Waals surface area contributed by atoms with E-state index in [1.807, 2.05) is 0 Å². The van der Waals surface area contributed by atoms with Crippen LogP contribution in [-0.4, -0.2) is 37.5 Å². The van der Waals surface area contributed by atoms with Gasteiger partial charge in [0.2, 0.25) is 10.0 Å². The molecule has 1 aliphatic heterocycles. The van der Waals surface area contributed by atoms with E-state index in [0.717, 1.165) is 18.4 Å². The van der Waals surface area contributed by atoms with Crippen molar-refractivity contribution < 1.29 is 13.5 Å². The minimum absolute atomic E-state index is 0.0389. The normalized spacial score (nSPS) is 21.5. The number of nitrogens with zero attached hydrogens (tertiary/aromatic N) is 1. The van der Waals surface area contributed by atoms with E-state index >= 15 is 0 Å². The lowest BCUT2D eigenvalue weighted by atomic mass is 10.0. The summed E-state index contributed by atoms with van der Waals surface area (Å²) < 4.78 is 26.4. The van der Waals surface area contributed by atoms with Gasteiger partial charge in [0, 0.05) is 25.6 Å². The SMILES string of the molecule is O=S(=O)(c1ccc(CCl)cc1)N1CCCC(CO)C1. The van der Waals surface area contributed by atoms with Crippen molar-refractivity contribution >= 4 is 21.6 Å². The molecule has 1 fully saturated rings. The quantitative estimate of drug-likeness (QED) is 0.863. The molecular formula is C13H18ClNO3S. The predicted molar refractivity (Wildman–Crippen MR) is 74.6 cm³/mol. The molecule has 1 aliphatic rings. The lowest BCUT2D eigenvalue weighted by Gasteiger charge is -2.30. The van der Waals surface area contributed by atoms with Gasteiger partial charge in [0.25, 0.3) is 0 Å². The summed E-state index contributed by atoms with van der Waals surface area (Å²) in [5, 5.41) is 9.18. The monoisotopic (exact) mass is 303 g/mol. The van der Waals surface area contributed by atoms with Crippen molar-refractivity contribution in [3.05, 3.63) is 29.8 Å². The van der Waals surface area contributed by atoms with E-state index < -0.39 is 10.0 Å². The van der Waals surface area contributed by atoms with Gasteiger partial charge in [-0.3, -0.25) is 0 Å². The standard InChI is InChI=1S/C13H18ClNO3S/c14-8-11-3-5-13(6-4-11)19(17,18)15-7-1-2-12(9-15)10-16/h3-6,12,16H,1-2,7-10H2. The topological polar surface area (TPSA) is 57.6 Å². The number of rotatable bonds is 4. The number of hydrogen-bond acceptors (Lipinski definition) is 3. The van der Waals surface area contributed by atoms with Gasteiger partial charge in [0.05, 0.1) is 4.90 Å². The molecular weight excluding hydrogens is 286 g/mol. The largest absolute Gasteiger partial charge is 0.396 e. The first kappa shape index (κ1) is 14.8. The number of aliphatic hydroxyl groups is 1. The third-order valence-electron chi connectivity index (χ3n) is 3.46. The zero-order valence-electron chi connectivity index (χ0n) is 10.6. The third-order valence-corrected chi connectivity index (χ3v) is 5.64. The van der Waals surface area contributed by atoms with E-state index in [9.17, 15) is 13.5 Å². The van der Waals surface area contributed by atoms with Gasteiger partial charge in [-0.2, -0.15) is 4.31 Å². The van der Waals surface area contributed by atoms with Crippen LogP contribution in [0.3, 0.4) is 0 Å². The summed E-state index contributed by atoms with van der Waals surface area (Å²) in [6.07, 6.45) is 1.68. The fourth-order valence-corrected chi connectivity index (χ4v) is 4.03. The molecule has 0 saturated carbocycles. The van der Waals surface area contributed by atoms with Crippen molar-refractivity contribution in [3.63, 3.8) is 0 Å². The number of alkyl halides is 1. The van der Waals surface area contributed by atoms with Crippen LogP contribution in [0.15, 0.2) is 29.2 Å². The fraction of sp³-hybridized carbons (Fsp3) is 0.538. The highest BCUT2D eigenvalue weighted by atomic mass is 35.5. The summed E-state index contributed by atoms with van der Waals surface area (Å²) >= 11 is 5.69. The molecule has 6 heteroatoms. The Labute approximate surface area is 119 Å². The maximum Gasteiger partial charge on any atom is 0.243 e. The van der Waals surface area contributed by atoms with Crippen molar-refractivity contribution in [2.45, 2.75) is 23.6 Å². The zero-order valence-corrected chi connectivity index (χ0v) is 12.2. The average molecular weight is 304 g/mol. The van der Waals surface area contributed by atoms with Gasteiger partial charge >= 0.3 is 0 Å². The second-order valence-corrected chi connectivity index (χ2v) is 7.04. The van der Waals surface area contributed by atoms with Crippen molar-refractivity contribution in [2.24, 2.45) is 5.92 Å². The summed E-state index contributed by atoms with van der Waals surface area (Å²) in [4.78, 5) is 0.292. The molecule has 0 aromatic heterocycles. The number of sulfonamides is 1. The van der Waals surface area contributed by atoms with Crippen LogP contribution in [0.25, 0.3) is 0 Å². The van der Waals surface area contributed by atoms with Crippen LogP contribution in [0.4, 0.5) is 0 Å². The molecule has 106 valence electrons. The maximum absolute atomic E-state index is 12.5.